The number of fused-ring (bicyclic) bond motifs is 1. The Labute approximate surface area is 275 Å². The van der Waals surface area contributed by atoms with Crippen molar-refractivity contribution in [1.82, 2.24) is 31.5 Å². The molecule has 0 aromatic heterocycles. The lowest BCUT2D eigenvalue weighted by molar-refractivity contribution is -0.133. The van der Waals surface area contributed by atoms with Gasteiger partial charge in [0.1, 0.15) is 30.5 Å². The van der Waals surface area contributed by atoms with Crippen molar-refractivity contribution < 1.29 is 33.4 Å². The van der Waals surface area contributed by atoms with E-state index in [2.05, 4.69) is 31.5 Å². The van der Waals surface area contributed by atoms with Gasteiger partial charge in [-0.15, -0.1) is 0 Å². The number of carbonyl (C=O) groups is 5. The van der Waals surface area contributed by atoms with Crippen LogP contribution in [-0.4, -0.2) is 91.5 Å². The van der Waals surface area contributed by atoms with Crippen molar-refractivity contribution in [2.24, 2.45) is 5.92 Å². The maximum Gasteiger partial charge on any atom is 0.255 e. The Morgan fingerprint density at radius 1 is 0.894 bits per heavy atom. The van der Waals surface area contributed by atoms with Gasteiger partial charge in [-0.25, -0.2) is 0 Å². The van der Waals surface area contributed by atoms with Crippen LogP contribution in [-0.2, 0) is 37.0 Å². The molecule has 1 fully saturated rings. The average Bonchev–Trinajstić information content (AvgIpc) is 3.05. The van der Waals surface area contributed by atoms with Crippen molar-refractivity contribution in [3.63, 3.8) is 0 Å². The molecule has 1 saturated heterocycles. The van der Waals surface area contributed by atoms with E-state index in [0.717, 1.165) is 44.0 Å². The summed E-state index contributed by atoms with van der Waals surface area (Å²) in [6.07, 6.45) is -0.429. The molecule has 13 heteroatoms. The second-order valence-electron chi connectivity index (χ2n) is 12.4. The third kappa shape index (κ3) is 10.5. The van der Waals surface area contributed by atoms with Crippen LogP contribution >= 0.6 is 0 Å². The van der Waals surface area contributed by atoms with Crippen LogP contribution in [0.25, 0.3) is 0 Å². The molecule has 5 N–H and O–H groups in total. The zero-order valence-corrected chi connectivity index (χ0v) is 27.5. The van der Waals surface area contributed by atoms with Crippen molar-refractivity contribution >= 4 is 29.5 Å². The van der Waals surface area contributed by atoms with Gasteiger partial charge < -0.3 is 36.1 Å². The van der Waals surface area contributed by atoms with Crippen molar-refractivity contribution in [2.75, 3.05) is 32.9 Å². The number of para-hydroxylation sites is 1. The molecule has 47 heavy (non-hydrogen) atoms. The molecule has 254 valence electrons. The maximum atomic E-state index is 13.5. The van der Waals surface area contributed by atoms with Crippen molar-refractivity contribution in [3.8, 4) is 5.75 Å². The number of morpholine rings is 1. The molecule has 2 heterocycles. The lowest BCUT2D eigenvalue weighted by atomic mass is 10.0. The molecule has 0 bridgehead atoms. The summed E-state index contributed by atoms with van der Waals surface area (Å²) < 4.78 is 11.3. The Balaban J connectivity index is 1.50. The van der Waals surface area contributed by atoms with E-state index < -0.39 is 60.1 Å². The van der Waals surface area contributed by atoms with E-state index in [1.54, 1.807) is 45.0 Å². The Kier molecular flexibility index (Phi) is 12.7. The molecular formula is C34H46N6O7. The predicted molar refractivity (Wildman–Crippen MR) is 174 cm³/mol. The molecule has 4 atom stereocenters. The van der Waals surface area contributed by atoms with E-state index in [0.29, 0.717) is 0 Å². The second-order valence-corrected chi connectivity index (χ2v) is 12.4. The molecule has 13 nitrogen and oxygen atoms in total. The molecular weight excluding hydrogens is 604 g/mol. The Morgan fingerprint density at radius 2 is 1.57 bits per heavy atom. The van der Waals surface area contributed by atoms with E-state index in [-0.39, 0.29) is 30.4 Å². The van der Waals surface area contributed by atoms with Gasteiger partial charge in [-0.05, 0) is 43.0 Å². The molecule has 2 aliphatic heterocycles. The topological polar surface area (TPSA) is 167 Å². The molecule has 0 saturated carbocycles. The Hall–Kier alpha value is -4.49. The Bertz CT molecular complexity index is 1410. The van der Waals surface area contributed by atoms with Crippen molar-refractivity contribution in [2.45, 2.75) is 71.4 Å². The first kappa shape index (κ1) is 35.4. The summed E-state index contributed by atoms with van der Waals surface area (Å²) in [6, 6.07) is 10.8. The van der Waals surface area contributed by atoms with Gasteiger partial charge in [0.25, 0.3) is 5.91 Å². The van der Waals surface area contributed by atoms with E-state index >= 15 is 0 Å². The highest BCUT2D eigenvalue weighted by Crippen LogP contribution is 2.19. The van der Waals surface area contributed by atoms with Crippen molar-refractivity contribution in [3.05, 3.63) is 65.2 Å². The molecule has 2 aromatic carbocycles. The van der Waals surface area contributed by atoms with E-state index in [4.69, 9.17) is 9.47 Å². The molecule has 0 unspecified atom stereocenters. The van der Waals surface area contributed by atoms with Gasteiger partial charge in [0.15, 0.2) is 0 Å². The summed E-state index contributed by atoms with van der Waals surface area (Å²) >= 11 is 0. The summed E-state index contributed by atoms with van der Waals surface area (Å²) in [5.41, 5.74) is 2.16. The van der Waals surface area contributed by atoms with Crippen LogP contribution in [0.5, 0.6) is 5.75 Å². The van der Waals surface area contributed by atoms with Gasteiger partial charge >= 0.3 is 0 Å². The number of amides is 5. The number of carbonyl (C=O) groups excluding carboxylic acids is 5. The molecule has 0 radical (unpaired) electrons. The van der Waals surface area contributed by atoms with Gasteiger partial charge in [-0.3, -0.25) is 28.9 Å². The zero-order valence-electron chi connectivity index (χ0n) is 27.5. The van der Waals surface area contributed by atoms with Crippen molar-refractivity contribution in [1.29, 1.82) is 0 Å². The van der Waals surface area contributed by atoms with E-state index in [1.807, 2.05) is 24.3 Å². The van der Waals surface area contributed by atoms with Crippen LogP contribution in [0.3, 0.4) is 0 Å². The summed E-state index contributed by atoms with van der Waals surface area (Å²) in [5, 5.41) is 13.6. The summed E-state index contributed by atoms with van der Waals surface area (Å²) in [5.74, 6) is -2.77. The number of nitrogens with one attached hydrogen (secondary N) is 5. The quantitative estimate of drug-likeness (QED) is 0.307. The average molecular weight is 651 g/mol. The SMILES string of the molecule is CC(C)[C@H]1NC(=O)[C@H](C)NC(=O)C[C@@H](C(=O)NCc2ccc(CN3CCOCC3)cc2)NC(=O)c2ccccc2OC[C@H](C)NC1=O. The molecule has 5 amide bonds. The lowest BCUT2D eigenvalue weighted by Gasteiger charge is -2.26. The lowest BCUT2D eigenvalue weighted by Crippen LogP contribution is -2.56. The summed E-state index contributed by atoms with van der Waals surface area (Å²) in [6.45, 7) is 11.1. The highest BCUT2D eigenvalue weighted by molar-refractivity contribution is 6.01. The van der Waals surface area contributed by atoms with Crippen LogP contribution < -0.4 is 31.3 Å². The first-order chi connectivity index (χ1) is 22.5. The fourth-order valence-corrected chi connectivity index (χ4v) is 5.27. The molecule has 0 spiro atoms. The van der Waals surface area contributed by atoms with Crippen LogP contribution in [0, 0.1) is 5.92 Å². The molecule has 0 aliphatic carbocycles. The number of rotatable bonds is 6. The van der Waals surface area contributed by atoms with Crippen LogP contribution in [0.1, 0.15) is 55.6 Å². The molecule has 2 aliphatic rings. The maximum absolute atomic E-state index is 13.5. The summed E-state index contributed by atoms with van der Waals surface area (Å²) in [4.78, 5) is 68.4. The second kappa shape index (κ2) is 16.9. The monoisotopic (exact) mass is 650 g/mol. The van der Waals surface area contributed by atoms with Gasteiger partial charge in [0.2, 0.25) is 23.6 Å². The first-order valence-electron chi connectivity index (χ1n) is 16.1. The molecule has 2 aromatic rings. The normalized spacial score (nSPS) is 23.7. The zero-order chi connectivity index (χ0) is 33.9. The number of hydrogen-bond acceptors (Lipinski definition) is 8. The number of ether oxygens (including phenoxy) is 2. The van der Waals surface area contributed by atoms with E-state index in [1.165, 1.54) is 6.92 Å². The fourth-order valence-electron chi connectivity index (χ4n) is 5.27. The third-order valence-corrected chi connectivity index (χ3v) is 8.04. The minimum Gasteiger partial charge on any atom is -0.491 e. The summed E-state index contributed by atoms with van der Waals surface area (Å²) in [7, 11) is 0. The Morgan fingerprint density at radius 3 is 2.28 bits per heavy atom. The van der Waals surface area contributed by atoms with Gasteiger partial charge in [-0.1, -0.05) is 50.2 Å². The van der Waals surface area contributed by atoms with Gasteiger partial charge in [-0.2, -0.15) is 0 Å². The predicted octanol–water partition coefficient (Wildman–Crippen LogP) is 0.866. The minimum atomic E-state index is -1.26. The van der Waals surface area contributed by atoms with Gasteiger partial charge in [0, 0.05) is 26.2 Å². The largest absolute Gasteiger partial charge is 0.491 e. The first-order valence-corrected chi connectivity index (χ1v) is 16.1. The number of hydrogen-bond donors (Lipinski definition) is 5. The standard InChI is InChI=1S/C34H46N6O7/c1-21(2)30-34(45)36-22(3)20-47-28-8-6-5-7-26(28)32(43)38-27(17-29(41)37-23(4)31(42)39-30)33(44)35-18-24-9-11-25(12-10-24)19-40-13-15-46-16-14-40/h5-12,21-23,27,30H,13-20H2,1-4H3,(H,35,44)(H,36,45)(H,37,41)(H,38,43)(H,39,42)/t22-,23-,27-,30+/m0/s1. The number of nitrogens with zero attached hydrogens (tertiary/aromatic N) is 1. The van der Waals surface area contributed by atoms with E-state index in [9.17, 15) is 24.0 Å². The molecule has 4 rings (SSSR count). The van der Waals surface area contributed by atoms with Crippen LogP contribution in [0.15, 0.2) is 48.5 Å². The highest BCUT2D eigenvalue weighted by atomic mass is 16.5. The fraction of sp³-hybridized carbons (Fsp3) is 0.500. The highest BCUT2D eigenvalue weighted by Gasteiger charge is 2.30. The van der Waals surface area contributed by atoms with Crippen LogP contribution in [0.2, 0.25) is 0 Å². The van der Waals surface area contributed by atoms with Gasteiger partial charge in [0.05, 0.1) is 31.2 Å². The minimum absolute atomic E-state index is 0.0421. The third-order valence-electron chi connectivity index (χ3n) is 8.04. The smallest absolute Gasteiger partial charge is 0.255 e. The van der Waals surface area contributed by atoms with Crippen LogP contribution in [0.4, 0.5) is 0 Å². The number of benzene rings is 2.